The molecule has 2 aliphatic carbocycles. The minimum atomic E-state index is -0.878. The first-order chi connectivity index (χ1) is 18.0. The first-order valence-electron chi connectivity index (χ1n) is 14.8. The van der Waals surface area contributed by atoms with Crippen molar-refractivity contribution in [2.45, 2.75) is 108 Å². The average molecular weight is 507 g/mol. The van der Waals surface area contributed by atoms with Gasteiger partial charge < -0.3 is 14.6 Å². The van der Waals surface area contributed by atoms with Crippen molar-refractivity contribution < 1.29 is 9.90 Å². The maximum Gasteiger partial charge on any atom is 0.326 e. The normalized spacial score (nSPS) is 32.6. The molecule has 4 fully saturated rings. The number of aromatic nitrogens is 2. The summed E-state index contributed by atoms with van der Waals surface area (Å²) in [7, 11) is 0. The fourth-order valence-electron chi connectivity index (χ4n) is 8.11. The SMILES string of the molecule is CCC[C@H]1C[C@@H](n2c(=O)c(N3CC[C@H]3C(=O)O)nc3ccccc32)CCN1[C@@H]1C[C@@H]2CCCC[C@@H](C2)C1. The second-order valence-corrected chi connectivity index (χ2v) is 12.2. The van der Waals surface area contributed by atoms with E-state index in [0.29, 0.717) is 30.9 Å². The maximum atomic E-state index is 14.0. The van der Waals surface area contributed by atoms with Crippen molar-refractivity contribution in [1.82, 2.24) is 14.5 Å². The van der Waals surface area contributed by atoms with Crippen molar-refractivity contribution in [2.75, 3.05) is 18.0 Å². The zero-order valence-electron chi connectivity index (χ0n) is 22.2. The lowest BCUT2D eigenvalue weighted by Crippen LogP contribution is -2.55. The summed E-state index contributed by atoms with van der Waals surface area (Å²) in [5.41, 5.74) is 1.53. The number of likely N-dealkylation sites (tertiary alicyclic amines) is 1. The first kappa shape index (κ1) is 24.9. The summed E-state index contributed by atoms with van der Waals surface area (Å²) >= 11 is 0. The molecule has 4 aliphatic rings. The lowest BCUT2D eigenvalue weighted by atomic mass is 9.76. The Hall–Kier alpha value is -2.41. The van der Waals surface area contributed by atoms with Crippen LogP contribution in [0.5, 0.6) is 0 Å². The molecule has 2 bridgehead atoms. The Morgan fingerprint density at radius 3 is 2.41 bits per heavy atom. The Kier molecular flexibility index (Phi) is 6.99. The number of anilines is 1. The summed E-state index contributed by atoms with van der Waals surface area (Å²) in [6.07, 6.45) is 14.6. The van der Waals surface area contributed by atoms with Crippen molar-refractivity contribution in [2.24, 2.45) is 11.8 Å². The largest absolute Gasteiger partial charge is 0.480 e. The molecule has 0 radical (unpaired) electrons. The molecule has 2 aliphatic heterocycles. The number of hydrogen-bond donors (Lipinski definition) is 1. The lowest BCUT2D eigenvalue weighted by molar-refractivity contribution is -0.140. The van der Waals surface area contributed by atoms with E-state index in [0.717, 1.165) is 48.7 Å². The third kappa shape index (κ3) is 4.68. The number of rotatable bonds is 6. The number of hydrogen-bond acceptors (Lipinski definition) is 5. The van der Waals surface area contributed by atoms with E-state index in [9.17, 15) is 14.7 Å². The Morgan fingerprint density at radius 2 is 1.73 bits per heavy atom. The van der Waals surface area contributed by atoms with Gasteiger partial charge in [0.2, 0.25) is 0 Å². The van der Waals surface area contributed by atoms with Crippen molar-refractivity contribution >= 4 is 22.8 Å². The number of carbonyl (C=O) groups is 1. The Labute approximate surface area is 219 Å². The van der Waals surface area contributed by atoms with Crippen LogP contribution < -0.4 is 10.5 Å². The van der Waals surface area contributed by atoms with Crippen molar-refractivity contribution in [3.8, 4) is 0 Å². The van der Waals surface area contributed by atoms with Gasteiger partial charge in [-0.2, -0.15) is 0 Å². The molecule has 3 heterocycles. The Balaban J connectivity index is 1.31. The standard InChI is InChI=1S/C30H42N4O3/c1-2-7-22-19-23(12-14-32(22)24-17-20-8-3-4-9-21(16-20)18-24)34-26-11-6-5-10-25(26)31-28(29(34)35)33-15-13-27(33)30(36)37/h5-6,10-11,20-24,27H,2-4,7-9,12-19H2,1H3,(H,36,37)/t20-,21+,22-,23-,24-,27-/m0/s1. The minimum Gasteiger partial charge on any atom is -0.480 e. The third-order valence-electron chi connectivity index (χ3n) is 9.90. The first-order valence-corrected chi connectivity index (χ1v) is 14.8. The van der Waals surface area contributed by atoms with Crippen LogP contribution in [0.3, 0.4) is 0 Å². The van der Waals surface area contributed by atoms with Gasteiger partial charge in [0, 0.05) is 31.2 Å². The second-order valence-electron chi connectivity index (χ2n) is 12.2. The number of aliphatic carboxylic acids is 1. The number of fused-ring (bicyclic) bond motifs is 3. The number of carboxylic acid groups (broad SMARTS) is 1. The fourth-order valence-corrected chi connectivity index (χ4v) is 8.11. The van der Waals surface area contributed by atoms with Gasteiger partial charge in [0.05, 0.1) is 11.0 Å². The molecule has 7 nitrogen and oxygen atoms in total. The van der Waals surface area contributed by atoms with Crippen LogP contribution in [0.25, 0.3) is 11.0 Å². The molecule has 37 heavy (non-hydrogen) atoms. The van der Waals surface area contributed by atoms with Gasteiger partial charge in [-0.1, -0.05) is 51.2 Å². The molecule has 1 aromatic heterocycles. The molecule has 7 heteroatoms. The van der Waals surface area contributed by atoms with Crippen LogP contribution in [0, 0.1) is 11.8 Å². The smallest absolute Gasteiger partial charge is 0.326 e. The van der Waals surface area contributed by atoms with Crippen LogP contribution in [0.4, 0.5) is 5.82 Å². The van der Waals surface area contributed by atoms with E-state index in [-0.39, 0.29) is 11.6 Å². The molecule has 1 aromatic carbocycles. The molecule has 0 unspecified atom stereocenters. The van der Waals surface area contributed by atoms with Gasteiger partial charge in [-0.15, -0.1) is 0 Å². The quantitative estimate of drug-likeness (QED) is 0.578. The van der Waals surface area contributed by atoms with Gasteiger partial charge in [0.1, 0.15) is 6.04 Å². The monoisotopic (exact) mass is 506 g/mol. The summed E-state index contributed by atoms with van der Waals surface area (Å²) < 4.78 is 1.98. The highest BCUT2D eigenvalue weighted by atomic mass is 16.4. The molecule has 200 valence electrons. The summed E-state index contributed by atoms with van der Waals surface area (Å²) in [6, 6.07) is 8.53. The molecule has 2 saturated carbocycles. The maximum absolute atomic E-state index is 14.0. The molecular formula is C30H42N4O3. The van der Waals surface area contributed by atoms with E-state index in [1.54, 1.807) is 4.90 Å². The van der Waals surface area contributed by atoms with Crippen LogP contribution in [-0.2, 0) is 4.79 Å². The van der Waals surface area contributed by atoms with Crippen molar-refractivity contribution in [1.29, 1.82) is 0 Å². The number of benzene rings is 1. The van der Waals surface area contributed by atoms with Gasteiger partial charge in [-0.3, -0.25) is 9.69 Å². The fraction of sp³-hybridized carbons (Fsp3) is 0.700. The van der Waals surface area contributed by atoms with E-state index in [2.05, 4.69) is 16.8 Å². The minimum absolute atomic E-state index is 0.113. The van der Waals surface area contributed by atoms with Crippen molar-refractivity contribution in [3.63, 3.8) is 0 Å². The van der Waals surface area contributed by atoms with E-state index in [1.165, 1.54) is 51.4 Å². The number of para-hydroxylation sites is 2. The molecule has 6 rings (SSSR count). The average Bonchev–Trinajstić information content (AvgIpc) is 3.03. The van der Waals surface area contributed by atoms with E-state index >= 15 is 0 Å². The Morgan fingerprint density at radius 1 is 0.973 bits per heavy atom. The van der Waals surface area contributed by atoms with Crippen LogP contribution in [0.15, 0.2) is 29.1 Å². The van der Waals surface area contributed by atoms with Crippen LogP contribution >= 0.6 is 0 Å². The number of piperidine rings is 1. The van der Waals surface area contributed by atoms with Crippen LogP contribution in [-0.4, -0.2) is 56.7 Å². The van der Waals surface area contributed by atoms with E-state index in [4.69, 9.17) is 0 Å². The zero-order chi connectivity index (χ0) is 25.5. The van der Waals surface area contributed by atoms with Gasteiger partial charge in [-0.25, -0.2) is 9.78 Å². The van der Waals surface area contributed by atoms with Crippen LogP contribution in [0.2, 0.25) is 0 Å². The van der Waals surface area contributed by atoms with E-state index < -0.39 is 12.0 Å². The predicted molar refractivity (Wildman–Crippen MR) is 146 cm³/mol. The van der Waals surface area contributed by atoms with E-state index in [1.807, 2.05) is 28.8 Å². The second kappa shape index (κ2) is 10.4. The summed E-state index contributed by atoms with van der Waals surface area (Å²) in [4.78, 5) is 34.9. The van der Waals surface area contributed by atoms with Gasteiger partial charge in [-0.05, 0) is 68.9 Å². The third-order valence-corrected chi connectivity index (χ3v) is 9.90. The molecule has 0 amide bonds. The Bertz CT molecular complexity index is 1180. The lowest BCUT2D eigenvalue weighted by Gasteiger charge is -2.48. The highest BCUT2D eigenvalue weighted by molar-refractivity contribution is 5.81. The topological polar surface area (TPSA) is 78.7 Å². The number of nitrogens with zero attached hydrogens (tertiary/aromatic N) is 4. The molecular weight excluding hydrogens is 464 g/mol. The zero-order valence-corrected chi connectivity index (χ0v) is 22.2. The summed E-state index contributed by atoms with van der Waals surface area (Å²) in [5, 5.41) is 9.63. The van der Waals surface area contributed by atoms with Gasteiger partial charge in [0.25, 0.3) is 5.56 Å². The summed E-state index contributed by atoms with van der Waals surface area (Å²) in [5.74, 6) is 1.23. The predicted octanol–water partition coefficient (Wildman–Crippen LogP) is 5.22. The highest BCUT2D eigenvalue weighted by Gasteiger charge is 2.41. The molecule has 2 aromatic rings. The highest BCUT2D eigenvalue weighted by Crippen LogP contribution is 2.43. The molecule has 6 atom stereocenters. The molecule has 0 spiro atoms. The summed E-state index contributed by atoms with van der Waals surface area (Å²) in [6.45, 7) is 3.89. The van der Waals surface area contributed by atoms with Gasteiger partial charge in [0.15, 0.2) is 5.82 Å². The molecule has 1 N–H and O–H groups in total. The number of carboxylic acids is 1. The van der Waals surface area contributed by atoms with Gasteiger partial charge >= 0.3 is 5.97 Å². The molecule has 2 saturated heterocycles. The van der Waals surface area contributed by atoms with Crippen molar-refractivity contribution in [3.05, 3.63) is 34.6 Å². The van der Waals surface area contributed by atoms with Crippen LogP contribution in [0.1, 0.15) is 90.0 Å².